The van der Waals surface area contributed by atoms with E-state index in [4.69, 9.17) is 4.42 Å². The average molecular weight is 261 g/mol. The van der Waals surface area contributed by atoms with Gasteiger partial charge in [0, 0.05) is 0 Å². The Bertz CT molecular complexity index is 753. The maximum absolute atomic E-state index is 11.1. The van der Waals surface area contributed by atoms with Crippen molar-refractivity contribution >= 4 is 22.4 Å². The first-order valence-corrected chi connectivity index (χ1v) is 6.43. The molecule has 0 bridgehead atoms. The summed E-state index contributed by atoms with van der Waals surface area (Å²) >= 11 is 1.56. The van der Waals surface area contributed by atoms with Gasteiger partial charge in [-0.05, 0) is 46.5 Å². The monoisotopic (exact) mass is 261 g/mol. The van der Waals surface area contributed by atoms with E-state index in [1.807, 2.05) is 17.7 Å². The molecule has 2 N–H and O–H groups in total. The van der Waals surface area contributed by atoms with Gasteiger partial charge in [-0.25, -0.2) is 4.79 Å². The lowest BCUT2D eigenvalue weighted by atomic mass is 10.0. The SMILES string of the molecule is Cc1cscc1C(O)c1ccc2[nH]c(=O)oc2c1. The molecule has 1 aromatic carbocycles. The number of nitrogens with one attached hydrogen (secondary N) is 1. The number of oxazole rings is 1. The first-order chi connectivity index (χ1) is 8.65. The van der Waals surface area contributed by atoms with Crippen molar-refractivity contribution in [3.63, 3.8) is 0 Å². The fourth-order valence-corrected chi connectivity index (χ4v) is 2.83. The molecule has 0 aliphatic carbocycles. The summed E-state index contributed by atoms with van der Waals surface area (Å²) < 4.78 is 4.99. The van der Waals surface area contributed by atoms with Crippen LogP contribution in [0.5, 0.6) is 0 Å². The maximum atomic E-state index is 11.1. The van der Waals surface area contributed by atoms with Crippen LogP contribution in [-0.2, 0) is 0 Å². The molecule has 1 unspecified atom stereocenters. The summed E-state index contributed by atoms with van der Waals surface area (Å²) in [7, 11) is 0. The van der Waals surface area contributed by atoms with Gasteiger partial charge in [0.1, 0.15) is 6.10 Å². The molecule has 0 aliphatic heterocycles. The van der Waals surface area contributed by atoms with Gasteiger partial charge in [-0.2, -0.15) is 11.3 Å². The molecule has 0 amide bonds. The molecule has 0 saturated heterocycles. The van der Waals surface area contributed by atoms with Crippen LogP contribution in [0.15, 0.2) is 38.2 Å². The lowest BCUT2D eigenvalue weighted by Gasteiger charge is -2.10. The Morgan fingerprint density at radius 2 is 2.22 bits per heavy atom. The van der Waals surface area contributed by atoms with Crippen LogP contribution < -0.4 is 5.76 Å². The molecule has 0 aliphatic rings. The van der Waals surface area contributed by atoms with Gasteiger partial charge >= 0.3 is 5.76 Å². The van der Waals surface area contributed by atoms with Crippen LogP contribution in [0.25, 0.3) is 11.1 Å². The second-order valence-corrected chi connectivity index (χ2v) is 4.93. The van der Waals surface area contributed by atoms with Gasteiger partial charge in [-0.1, -0.05) is 6.07 Å². The molecule has 3 rings (SSSR count). The highest BCUT2D eigenvalue weighted by molar-refractivity contribution is 7.08. The molecule has 18 heavy (non-hydrogen) atoms. The van der Waals surface area contributed by atoms with Crippen molar-refractivity contribution in [3.05, 3.63) is 56.2 Å². The molecular formula is C13H11NO3S. The summed E-state index contributed by atoms with van der Waals surface area (Å²) in [5.74, 6) is -0.483. The Hall–Kier alpha value is -1.85. The minimum Gasteiger partial charge on any atom is -0.408 e. The zero-order valence-electron chi connectivity index (χ0n) is 9.64. The summed E-state index contributed by atoms with van der Waals surface area (Å²) in [5.41, 5.74) is 3.76. The Kier molecular flexibility index (Phi) is 2.57. The smallest absolute Gasteiger partial charge is 0.408 e. The minimum atomic E-state index is -0.694. The van der Waals surface area contributed by atoms with E-state index >= 15 is 0 Å². The Morgan fingerprint density at radius 1 is 1.39 bits per heavy atom. The number of rotatable bonds is 2. The molecule has 2 aromatic heterocycles. The maximum Gasteiger partial charge on any atom is 0.417 e. The average Bonchev–Trinajstić information content (AvgIpc) is 2.91. The summed E-state index contributed by atoms with van der Waals surface area (Å²) in [6, 6.07) is 5.21. The van der Waals surface area contributed by atoms with Crippen molar-refractivity contribution in [2.24, 2.45) is 0 Å². The first kappa shape index (κ1) is 11.3. The van der Waals surface area contributed by atoms with Gasteiger partial charge in [0.2, 0.25) is 0 Å². The predicted octanol–water partition coefficient (Wildman–Crippen LogP) is 2.57. The number of thiophene rings is 1. The van der Waals surface area contributed by atoms with Gasteiger partial charge in [0.05, 0.1) is 5.52 Å². The highest BCUT2D eigenvalue weighted by atomic mass is 32.1. The van der Waals surface area contributed by atoms with Crippen LogP contribution >= 0.6 is 11.3 Å². The van der Waals surface area contributed by atoms with Gasteiger partial charge in [-0.3, -0.25) is 4.98 Å². The molecule has 1 atom stereocenters. The molecule has 4 nitrogen and oxygen atoms in total. The third-order valence-corrected chi connectivity index (χ3v) is 3.83. The molecule has 0 radical (unpaired) electrons. The predicted molar refractivity (Wildman–Crippen MR) is 70.0 cm³/mol. The van der Waals surface area contributed by atoms with Crippen LogP contribution in [0.3, 0.4) is 0 Å². The lowest BCUT2D eigenvalue weighted by molar-refractivity contribution is 0.220. The molecule has 3 aromatic rings. The first-order valence-electron chi connectivity index (χ1n) is 5.48. The van der Waals surface area contributed by atoms with E-state index in [1.54, 1.807) is 29.5 Å². The number of H-pyrrole nitrogens is 1. The third-order valence-electron chi connectivity index (χ3n) is 2.95. The minimum absolute atomic E-state index is 0.462. The number of hydrogen-bond acceptors (Lipinski definition) is 4. The molecule has 0 fully saturated rings. The number of aromatic amines is 1. The molecule has 0 spiro atoms. The lowest BCUT2D eigenvalue weighted by Crippen LogP contribution is -1.99. The molecule has 92 valence electrons. The second-order valence-electron chi connectivity index (χ2n) is 4.18. The number of aliphatic hydroxyl groups is 1. The van der Waals surface area contributed by atoms with Crippen LogP contribution in [0.2, 0.25) is 0 Å². The molecule has 5 heteroatoms. The fourth-order valence-electron chi connectivity index (χ4n) is 1.96. The van der Waals surface area contributed by atoms with Crippen LogP contribution in [0, 0.1) is 6.92 Å². The standard InChI is InChI=1S/C13H11NO3S/c1-7-5-18-6-9(7)12(15)8-2-3-10-11(4-8)17-13(16)14-10/h2-6,12,15H,1H3,(H,14,16). The zero-order chi connectivity index (χ0) is 12.7. The number of aryl methyl sites for hydroxylation is 1. The van der Waals surface area contributed by atoms with Crippen LogP contribution in [0.1, 0.15) is 22.8 Å². The number of aliphatic hydroxyl groups excluding tert-OH is 1. The van der Waals surface area contributed by atoms with Gasteiger partial charge in [-0.15, -0.1) is 0 Å². The van der Waals surface area contributed by atoms with Crippen molar-refractivity contribution in [1.82, 2.24) is 4.98 Å². The number of benzene rings is 1. The molecular weight excluding hydrogens is 250 g/mol. The van der Waals surface area contributed by atoms with E-state index < -0.39 is 11.9 Å². The number of fused-ring (bicyclic) bond motifs is 1. The van der Waals surface area contributed by atoms with E-state index in [1.165, 1.54) is 0 Å². The molecule has 2 heterocycles. The topological polar surface area (TPSA) is 66.2 Å². The van der Waals surface area contributed by atoms with Crippen molar-refractivity contribution in [3.8, 4) is 0 Å². The third kappa shape index (κ3) is 1.77. The summed E-state index contributed by atoms with van der Waals surface area (Å²) in [6.45, 7) is 1.96. The number of hydrogen-bond donors (Lipinski definition) is 2. The van der Waals surface area contributed by atoms with E-state index in [0.29, 0.717) is 16.7 Å². The highest BCUT2D eigenvalue weighted by Gasteiger charge is 2.15. The van der Waals surface area contributed by atoms with Crippen molar-refractivity contribution in [2.45, 2.75) is 13.0 Å². The van der Waals surface area contributed by atoms with Crippen molar-refractivity contribution in [1.29, 1.82) is 0 Å². The highest BCUT2D eigenvalue weighted by Crippen LogP contribution is 2.28. The quantitative estimate of drug-likeness (QED) is 0.745. The zero-order valence-corrected chi connectivity index (χ0v) is 10.5. The van der Waals surface area contributed by atoms with Crippen molar-refractivity contribution in [2.75, 3.05) is 0 Å². The van der Waals surface area contributed by atoms with E-state index in [9.17, 15) is 9.90 Å². The number of aromatic nitrogens is 1. The Labute approximate surface area is 107 Å². The summed E-state index contributed by atoms with van der Waals surface area (Å²) in [5, 5.41) is 14.2. The second kappa shape index (κ2) is 4.12. The molecule has 0 saturated carbocycles. The van der Waals surface area contributed by atoms with Crippen LogP contribution in [-0.4, -0.2) is 10.1 Å². The van der Waals surface area contributed by atoms with Gasteiger partial charge in [0.25, 0.3) is 0 Å². The van der Waals surface area contributed by atoms with E-state index in [0.717, 1.165) is 11.1 Å². The Balaban J connectivity index is 2.09. The fraction of sp³-hybridized carbons (Fsp3) is 0.154. The van der Waals surface area contributed by atoms with E-state index in [-0.39, 0.29) is 0 Å². The summed E-state index contributed by atoms with van der Waals surface area (Å²) in [6.07, 6.45) is -0.694. The van der Waals surface area contributed by atoms with Crippen molar-refractivity contribution < 1.29 is 9.52 Å². The van der Waals surface area contributed by atoms with Gasteiger partial charge in [0.15, 0.2) is 5.58 Å². The Morgan fingerprint density at radius 3 is 2.94 bits per heavy atom. The van der Waals surface area contributed by atoms with E-state index in [2.05, 4.69) is 4.98 Å². The van der Waals surface area contributed by atoms with Crippen LogP contribution in [0.4, 0.5) is 0 Å². The normalized spacial score (nSPS) is 13.0. The summed E-state index contributed by atoms with van der Waals surface area (Å²) in [4.78, 5) is 13.6. The largest absolute Gasteiger partial charge is 0.417 e. The van der Waals surface area contributed by atoms with Gasteiger partial charge < -0.3 is 9.52 Å².